The number of hydrogen-bond donors (Lipinski definition) is 1. The van der Waals surface area contributed by atoms with Crippen molar-refractivity contribution in [2.24, 2.45) is 0 Å². The molecule has 1 saturated heterocycles. The van der Waals surface area contributed by atoms with Crippen LogP contribution in [0.4, 0.5) is 0 Å². The van der Waals surface area contributed by atoms with Crippen LogP contribution >= 0.6 is 0 Å². The lowest BCUT2D eigenvalue weighted by molar-refractivity contribution is -0.131. The Kier molecular flexibility index (Phi) is 4.59. The molecule has 1 N–H and O–H groups in total. The fourth-order valence-corrected chi connectivity index (χ4v) is 2.80. The van der Waals surface area contributed by atoms with Gasteiger partial charge in [-0.25, -0.2) is 0 Å². The maximum atomic E-state index is 12.4. The first-order chi connectivity index (χ1) is 9.11. The molecule has 2 rings (SSSR count). The summed E-state index contributed by atoms with van der Waals surface area (Å²) in [7, 11) is 1.95. The topological polar surface area (TPSA) is 32.3 Å². The van der Waals surface area contributed by atoms with E-state index in [0.717, 1.165) is 31.5 Å². The van der Waals surface area contributed by atoms with Crippen molar-refractivity contribution in [1.29, 1.82) is 0 Å². The average Bonchev–Trinajstić information content (AvgIpc) is 2.83. The van der Waals surface area contributed by atoms with Crippen molar-refractivity contribution < 1.29 is 4.79 Å². The molecule has 1 amide bonds. The highest BCUT2D eigenvalue weighted by atomic mass is 16.2. The first-order valence-corrected chi connectivity index (χ1v) is 7.12. The third-order valence-electron chi connectivity index (χ3n) is 4.06. The highest BCUT2D eigenvalue weighted by molar-refractivity contribution is 5.79. The van der Waals surface area contributed by atoms with Crippen LogP contribution in [0, 0.1) is 13.8 Å². The maximum Gasteiger partial charge on any atom is 0.227 e. The summed E-state index contributed by atoms with van der Waals surface area (Å²) in [6.45, 7) is 6.02. The number of aryl methyl sites for hydroxylation is 2. The largest absolute Gasteiger partial charge is 0.338 e. The number of likely N-dealkylation sites (N-methyl/N-ethyl adjacent to an activating group) is 1. The molecule has 1 aromatic rings. The summed E-state index contributed by atoms with van der Waals surface area (Å²) >= 11 is 0. The molecule has 1 aliphatic heterocycles. The van der Waals surface area contributed by atoms with Gasteiger partial charge in [-0.2, -0.15) is 0 Å². The van der Waals surface area contributed by atoms with Gasteiger partial charge in [0.15, 0.2) is 0 Å². The Bertz CT molecular complexity index is 456. The Balaban J connectivity index is 2.02. The molecule has 1 heterocycles. The van der Waals surface area contributed by atoms with Crippen LogP contribution in [-0.2, 0) is 11.2 Å². The van der Waals surface area contributed by atoms with E-state index in [1.54, 1.807) is 0 Å². The molecule has 0 radical (unpaired) electrons. The molecule has 1 unspecified atom stereocenters. The second-order valence-electron chi connectivity index (χ2n) is 5.54. The molecule has 3 heteroatoms. The predicted octanol–water partition coefficient (Wildman–Crippen LogP) is 2.06. The third kappa shape index (κ3) is 3.35. The van der Waals surface area contributed by atoms with E-state index in [2.05, 4.69) is 37.4 Å². The van der Waals surface area contributed by atoms with Crippen molar-refractivity contribution >= 4 is 5.91 Å². The number of likely N-dealkylation sites (tertiary alicyclic amines) is 1. The van der Waals surface area contributed by atoms with E-state index < -0.39 is 0 Å². The van der Waals surface area contributed by atoms with Crippen LogP contribution in [0.1, 0.15) is 29.5 Å². The Morgan fingerprint density at radius 2 is 2.16 bits per heavy atom. The summed E-state index contributed by atoms with van der Waals surface area (Å²) in [5.41, 5.74) is 3.67. The standard InChI is InChI=1S/C16H24N2O/c1-12-6-7-14(9-13(12)2)10-16(19)18-8-4-5-15(18)11-17-3/h6-7,9,15,17H,4-5,8,10-11H2,1-3H3. The predicted molar refractivity (Wildman–Crippen MR) is 78.3 cm³/mol. The second kappa shape index (κ2) is 6.20. The number of carbonyl (C=O) groups is 1. The smallest absolute Gasteiger partial charge is 0.227 e. The highest BCUT2D eigenvalue weighted by Crippen LogP contribution is 2.19. The van der Waals surface area contributed by atoms with Crippen LogP contribution in [0.5, 0.6) is 0 Å². The normalized spacial score (nSPS) is 18.9. The number of amides is 1. The molecule has 0 saturated carbocycles. The van der Waals surface area contributed by atoms with E-state index in [4.69, 9.17) is 0 Å². The Morgan fingerprint density at radius 1 is 1.37 bits per heavy atom. The molecule has 0 spiro atoms. The summed E-state index contributed by atoms with van der Waals surface area (Å²) in [6, 6.07) is 6.69. The number of carbonyl (C=O) groups excluding carboxylic acids is 1. The van der Waals surface area contributed by atoms with E-state index in [1.165, 1.54) is 11.1 Å². The zero-order valence-corrected chi connectivity index (χ0v) is 12.2. The van der Waals surface area contributed by atoms with Crippen LogP contribution in [-0.4, -0.2) is 37.0 Å². The molecular weight excluding hydrogens is 236 g/mol. The summed E-state index contributed by atoms with van der Waals surface area (Å²) in [6.07, 6.45) is 2.78. The third-order valence-corrected chi connectivity index (χ3v) is 4.06. The molecule has 0 aromatic heterocycles. The van der Waals surface area contributed by atoms with Gasteiger partial charge < -0.3 is 10.2 Å². The fraction of sp³-hybridized carbons (Fsp3) is 0.562. The van der Waals surface area contributed by atoms with Crippen molar-refractivity contribution in [2.45, 2.75) is 39.2 Å². The van der Waals surface area contributed by atoms with E-state index in [-0.39, 0.29) is 5.91 Å². The molecule has 0 aliphatic carbocycles. The average molecular weight is 260 g/mol. The van der Waals surface area contributed by atoms with Crippen molar-refractivity contribution in [3.05, 3.63) is 34.9 Å². The molecule has 1 fully saturated rings. The van der Waals surface area contributed by atoms with Gasteiger partial charge in [0.2, 0.25) is 5.91 Å². The van der Waals surface area contributed by atoms with Gasteiger partial charge in [-0.3, -0.25) is 4.79 Å². The lowest BCUT2D eigenvalue weighted by Crippen LogP contribution is -2.41. The van der Waals surface area contributed by atoms with Gasteiger partial charge in [0.05, 0.1) is 6.42 Å². The van der Waals surface area contributed by atoms with Gasteiger partial charge >= 0.3 is 0 Å². The molecule has 1 aromatic carbocycles. The summed E-state index contributed by atoms with van der Waals surface area (Å²) in [5.74, 6) is 0.265. The van der Waals surface area contributed by atoms with Gasteiger partial charge in [0.1, 0.15) is 0 Å². The quantitative estimate of drug-likeness (QED) is 0.898. The molecular formula is C16H24N2O. The number of nitrogens with zero attached hydrogens (tertiary/aromatic N) is 1. The lowest BCUT2D eigenvalue weighted by atomic mass is 10.0. The van der Waals surface area contributed by atoms with Gasteiger partial charge in [0, 0.05) is 19.1 Å². The Morgan fingerprint density at radius 3 is 2.84 bits per heavy atom. The minimum atomic E-state index is 0.265. The lowest BCUT2D eigenvalue weighted by Gasteiger charge is -2.24. The zero-order chi connectivity index (χ0) is 13.8. The van der Waals surface area contributed by atoms with E-state index >= 15 is 0 Å². The zero-order valence-electron chi connectivity index (χ0n) is 12.2. The minimum absolute atomic E-state index is 0.265. The monoisotopic (exact) mass is 260 g/mol. The van der Waals surface area contributed by atoms with Crippen molar-refractivity contribution in [2.75, 3.05) is 20.1 Å². The Labute approximate surface area is 116 Å². The Hall–Kier alpha value is -1.35. The van der Waals surface area contributed by atoms with Gasteiger partial charge in [-0.05, 0) is 50.4 Å². The van der Waals surface area contributed by atoms with Gasteiger partial charge in [-0.1, -0.05) is 18.2 Å². The van der Waals surface area contributed by atoms with E-state index in [0.29, 0.717) is 12.5 Å². The van der Waals surface area contributed by atoms with Crippen LogP contribution in [0.3, 0.4) is 0 Å². The molecule has 3 nitrogen and oxygen atoms in total. The molecule has 1 aliphatic rings. The van der Waals surface area contributed by atoms with E-state index in [9.17, 15) is 4.79 Å². The van der Waals surface area contributed by atoms with Crippen molar-refractivity contribution in [1.82, 2.24) is 10.2 Å². The van der Waals surface area contributed by atoms with Gasteiger partial charge in [-0.15, -0.1) is 0 Å². The summed E-state index contributed by atoms with van der Waals surface area (Å²) < 4.78 is 0. The van der Waals surface area contributed by atoms with Crippen LogP contribution < -0.4 is 5.32 Å². The molecule has 104 valence electrons. The number of nitrogens with one attached hydrogen (secondary N) is 1. The molecule has 0 bridgehead atoms. The van der Waals surface area contributed by atoms with Crippen molar-refractivity contribution in [3.63, 3.8) is 0 Å². The molecule has 1 atom stereocenters. The molecule has 19 heavy (non-hydrogen) atoms. The maximum absolute atomic E-state index is 12.4. The van der Waals surface area contributed by atoms with Crippen LogP contribution in [0.25, 0.3) is 0 Å². The number of benzene rings is 1. The van der Waals surface area contributed by atoms with Crippen LogP contribution in [0.2, 0.25) is 0 Å². The highest BCUT2D eigenvalue weighted by Gasteiger charge is 2.27. The first-order valence-electron chi connectivity index (χ1n) is 7.12. The van der Waals surface area contributed by atoms with Crippen molar-refractivity contribution in [3.8, 4) is 0 Å². The first kappa shape index (κ1) is 14.1. The van der Waals surface area contributed by atoms with Crippen LogP contribution in [0.15, 0.2) is 18.2 Å². The second-order valence-corrected chi connectivity index (χ2v) is 5.54. The number of hydrogen-bond acceptors (Lipinski definition) is 2. The fourth-order valence-electron chi connectivity index (χ4n) is 2.80. The summed E-state index contributed by atoms with van der Waals surface area (Å²) in [4.78, 5) is 14.4. The minimum Gasteiger partial charge on any atom is -0.338 e. The van der Waals surface area contributed by atoms with Gasteiger partial charge in [0.25, 0.3) is 0 Å². The van der Waals surface area contributed by atoms with E-state index in [1.807, 2.05) is 11.9 Å². The SMILES string of the molecule is CNCC1CCCN1C(=O)Cc1ccc(C)c(C)c1. The number of rotatable bonds is 4. The summed E-state index contributed by atoms with van der Waals surface area (Å²) in [5, 5.41) is 3.18.